The number of halogens is 5. The van der Waals surface area contributed by atoms with Gasteiger partial charge in [-0.15, -0.1) is 22.7 Å². The van der Waals surface area contributed by atoms with Crippen molar-refractivity contribution >= 4 is 51.7 Å². The standard InChI is InChI=1S/C20H25F2N7S.C15H18ClF2N5.C5H8N2S/c1-12-10-13(2)29(28-12)19-26-16(24-14(3)18-23-8-9-30-18)11-17(27-19)25-15-4-6-20(21,22)7-5-15;1-9-7-10(2)23(22-9)14-20-12(16)8-13(21-14)19-11-3-5-15(17,18)6-4-11;1-4(6)5-7-2-3-8-5/h8-11,14-15H,4-7H2,1-3H3,(H2,24,25,26,27);7-8,11H,3-6H2,1-2H3,(H,19,20,21);2-4H,6H2,1H3. The fraction of sp³-hybridized carbons (Fsp3) is 0.500. The highest BCUT2D eigenvalue weighted by atomic mass is 35.5. The summed E-state index contributed by atoms with van der Waals surface area (Å²) in [6.07, 6.45) is 4.75. The van der Waals surface area contributed by atoms with E-state index in [0.29, 0.717) is 55.0 Å². The van der Waals surface area contributed by atoms with Crippen LogP contribution < -0.4 is 21.7 Å². The van der Waals surface area contributed by atoms with Gasteiger partial charge in [0.1, 0.15) is 32.6 Å². The number of nitrogens with zero attached hydrogens (tertiary/aromatic N) is 10. The van der Waals surface area contributed by atoms with Crippen molar-refractivity contribution in [2.24, 2.45) is 5.73 Å². The van der Waals surface area contributed by atoms with E-state index in [1.807, 2.05) is 70.5 Å². The monoisotopic (exact) mass is 902 g/mol. The van der Waals surface area contributed by atoms with Gasteiger partial charge in [0, 0.05) is 84.4 Å². The maximum Gasteiger partial charge on any atom is 0.254 e. The van der Waals surface area contributed by atoms with Gasteiger partial charge in [0.25, 0.3) is 11.9 Å². The van der Waals surface area contributed by atoms with Crippen LogP contribution >= 0.6 is 34.3 Å². The molecule has 2 saturated carbocycles. The van der Waals surface area contributed by atoms with Crippen molar-refractivity contribution in [3.8, 4) is 11.9 Å². The summed E-state index contributed by atoms with van der Waals surface area (Å²) in [5.74, 6) is -2.56. The van der Waals surface area contributed by atoms with Crippen LogP contribution in [0.2, 0.25) is 5.15 Å². The zero-order valence-corrected chi connectivity index (χ0v) is 37.2. The molecule has 0 saturated heterocycles. The summed E-state index contributed by atoms with van der Waals surface area (Å²) in [6.45, 7) is 11.6. The Hall–Kier alpha value is -4.79. The summed E-state index contributed by atoms with van der Waals surface area (Å²) in [5.41, 5.74) is 9.05. The van der Waals surface area contributed by atoms with Crippen LogP contribution in [0.4, 0.5) is 35.0 Å². The Morgan fingerprint density at radius 1 is 0.672 bits per heavy atom. The van der Waals surface area contributed by atoms with Crippen molar-refractivity contribution in [2.75, 3.05) is 16.0 Å². The number of aryl methyl sites for hydroxylation is 4. The molecule has 2 aliphatic carbocycles. The van der Waals surface area contributed by atoms with Crippen LogP contribution in [0.3, 0.4) is 0 Å². The quantitative estimate of drug-likeness (QED) is 0.0758. The number of nitrogens with two attached hydrogens (primary N) is 1. The summed E-state index contributed by atoms with van der Waals surface area (Å²) in [4.78, 5) is 26.2. The third-order valence-electron chi connectivity index (χ3n) is 9.96. The lowest BCUT2D eigenvalue weighted by molar-refractivity contribution is -0.0366. The Morgan fingerprint density at radius 3 is 1.52 bits per heavy atom. The van der Waals surface area contributed by atoms with E-state index in [0.717, 1.165) is 32.8 Å². The Balaban J connectivity index is 0.000000177. The summed E-state index contributed by atoms with van der Waals surface area (Å²) < 4.78 is 56.8. The van der Waals surface area contributed by atoms with E-state index in [4.69, 9.17) is 17.3 Å². The molecule has 0 aromatic carbocycles. The lowest BCUT2D eigenvalue weighted by Crippen LogP contribution is -2.32. The molecule has 0 aliphatic heterocycles. The average molecular weight is 904 g/mol. The molecule has 2 fully saturated rings. The third kappa shape index (κ3) is 13.1. The van der Waals surface area contributed by atoms with Crippen molar-refractivity contribution in [3.05, 3.63) is 85.4 Å². The van der Waals surface area contributed by atoms with Gasteiger partial charge in [-0.2, -0.15) is 30.1 Å². The molecular weight excluding hydrogens is 852 g/mol. The molecule has 14 nitrogen and oxygen atoms in total. The molecule has 61 heavy (non-hydrogen) atoms. The molecule has 6 aromatic heterocycles. The van der Waals surface area contributed by atoms with Gasteiger partial charge in [-0.05, 0) is 79.4 Å². The summed E-state index contributed by atoms with van der Waals surface area (Å²) in [5, 5.41) is 24.8. The largest absolute Gasteiger partial charge is 0.367 e. The molecule has 2 unspecified atom stereocenters. The summed E-state index contributed by atoms with van der Waals surface area (Å²) >= 11 is 9.23. The predicted octanol–water partition coefficient (Wildman–Crippen LogP) is 9.98. The molecule has 0 amide bonds. The first-order valence-electron chi connectivity index (χ1n) is 20.0. The normalized spacial score (nSPS) is 17.3. The minimum atomic E-state index is -2.56. The predicted molar refractivity (Wildman–Crippen MR) is 233 cm³/mol. The molecule has 6 aromatic rings. The number of thiazole rings is 2. The number of hydrogen-bond acceptors (Lipinski definition) is 14. The number of alkyl halides is 4. The lowest BCUT2D eigenvalue weighted by atomic mass is 9.92. The van der Waals surface area contributed by atoms with Crippen LogP contribution in [0.5, 0.6) is 0 Å². The van der Waals surface area contributed by atoms with Crippen molar-refractivity contribution in [3.63, 3.8) is 0 Å². The van der Waals surface area contributed by atoms with Crippen LogP contribution in [0.15, 0.2) is 47.4 Å². The second-order valence-electron chi connectivity index (χ2n) is 15.4. The molecule has 2 aliphatic rings. The van der Waals surface area contributed by atoms with Gasteiger partial charge in [0.15, 0.2) is 0 Å². The van der Waals surface area contributed by atoms with E-state index in [9.17, 15) is 17.6 Å². The maximum atomic E-state index is 13.5. The average Bonchev–Trinajstić information content (AvgIpc) is 4.03. The topological polar surface area (TPSA) is 175 Å². The highest BCUT2D eigenvalue weighted by Crippen LogP contribution is 2.35. The smallest absolute Gasteiger partial charge is 0.254 e. The number of anilines is 3. The Bertz CT molecular complexity index is 2300. The van der Waals surface area contributed by atoms with E-state index in [1.54, 1.807) is 50.5 Å². The van der Waals surface area contributed by atoms with E-state index in [2.05, 4.69) is 56.1 Å². The van der Waals surface area contributed by atoms with Crippen molar-refractivity contribution in [1.82, 2.24) is 49.5 Å². The third-order valence-corrected chi connectivity index (χ3v) is 12.1. The molecule has 21 heteroatoms. The first-order chi connectivity index (χ1) is 28.9. The molecule has 0 radical (unpaired) electrons. The minimum Gasteiger partial charge on any atom is -0.367 e. The molecule has 2 atom stereocenters. The van der Waals surface area contributed by atoms with E-state index < -0.39 is 11.8 Å². The highest BCUT2D eigenvalue weighted by Gasteiger charge is 2.36. The van der Waals surface area contributed by atoms with E-state index in [-0.39, 0.29) is 55.0 Å². The lowest BCUT2D eigenvalue weighted by Gasteiger charge is -2.29. The van der Waals surface area contributed by atoms with Gasteiger partial charge in [-0.25, -0.2) is 36.9 Å². The van der Waals surface area contributed by atoms with Crippen molar-refractivity contribution < 1.29 is 17.6 Å². The van der Waals surface area contributed by atoms with Gasteiger partial charge in [0.05, 0.1) is 23.5 Å². The van der Waals surface area contributed by atoms with Crippen LogP contribution in [-0.4, -0.2) is 73.4 Å². The van der Waals surface area contributed by atoms with E-state index in [1.165, 1.54) is 0 Å². The number of hydrogen-bond donors (Lipinski definition) is 4. The Kier molecular flexibility index (Phi) is 14.9. The van der Waals surface area contributed by atoms with Crippen LogP contribution in [0, 0.1) is 27.7 Å². The first kappa shape index (κ1) is 45.7. The zero-order chi connectivity index (χ0) is 43.9. The Morgan fingerprint density at radius 2 is 1.11 bits per heavy atom. The van der Waals surface area contributed by atoms with Gasteiger partial charge >= 0.3 is 0 Å². The second-order valence-corrected chi connectivity index (χ2v) is 17.7. The van der Waals surface area contributed by atoms with Gasteiger partial charge in [-0.3, -0.25) is 0 Å². The van der Waals surface area contributed by atoms with Crippen molar-refractivity contribution in [1.29, 1.82) is 0 Å². The van der Waals surface area contributed by atoms with Crippen LogP contribution in [-0.2, 0) is 0 Å². The first-order valence-corrected chi connectivity index (χ1v) is 22.2. The molecule has 0 bridgehead atoms. The molecule has 6 heterocycles. The molecular formula is C40H51ClF4N14S2. The van der Waals surface area contributed by atoms with Crippen LogP contribution in [0.1, 0.15) is 110 Å². The van der Waals surface area contributed by atoms with Gasteiger partial charge < -0.3 is 21.7 Å². The summed E-state index contributed by atoms with van der Waals surface area (Å²) in [6, 6.07) is 7.27. The van der Waals surface area contributed by atoms with E-state index >= 15 is 0 Å². The van der Waals surface area contributed by atoms with Crippen molar-refractivity contribution in [2.45, 2.75) is 129 Å². The number of nitrogens with one attached hydrogen (secondary N) is 3. The minimum absolute atomic E-state index is 0.0329. The van der Waals surface area contributed by atoms with Gasteiger partial charge in [-0.1, -0.05) is 11.6 Å². The SMILES string of the molecule is CC(N)c1nccs1.Cc1cc(C)n(-c2nc(Cl)cc(NC3CCC(F)(F)CC3)n2)n1.Cc1cc(C)n(-c2nc(NC3CCC(F)(F)CC3)cc(NC(C)c3nccs3)n2)n1. The Labute approximate surface area is 365 Å². The molecule has 8 rings (SSSR count). The number of rotatable bonds is 10. The fourth-order valence-corrected chi connectivity index (χ4v) is 8.32. The fourth-order valence-electron chi connectivity index (χ4n) is 6.89. The van der Waals surface area contributed by atoms with Crippen LogP contribution in [0.25, 0.3) is 11.9 Å². The second kappa shape index (κ2) is 19.9. The van der Waals surface area contributed by atoms with Gasteiger partial charge in [0.2, 0.25) is 11.8 Å². The highest BCUT2D eigenvalue weighted by molar-refractivity contribution is 7.09. The molecule has 0 spiro atoms. The summed E-state index contributed by atoms with van der Waals surface area (Å²) in [7, 11) is 0. The number of aromatic nitrogens is 10. The molecule has 5 N–H and O–H groups in total. The maximum absolute atomic E-state index is 13.5. The zero-order valence-electron chi connectivity index (χ0n) is 34.8. The molecule has 328 valence electrons.